The van der Waals surface area contributed by atoms with Crippen LogP contribution in [0.5, 0.6) is 0 Å². The summed E-state index contributed by atoms with van der Waals surface area (Å²) in [6.07, 6.45) is 0.887. The van der Waals surface area contributed by atoms with Gasteiger partial charge in [-0.1, -0.05) is 25.4 Å². The predicted octanol–water partition coefficient (Wildman–Crippen LogP) is 5.44. The molecule has 5 heteroatoms. The molecule has 0 N–H and O–H groups in total. The van der Waals surface area contributed by atoms with Gasteiger partial charge in [0.25, 0.3) is 0 Å². The van der Waals surface area contributed by atoms with E-state index in [1.165, 1.54) is 9.75 Å². The maximum absolute atomic E-state index is 6.22. The Morgan fingerprint density at radius 3 is 2.53 bits per heavy atom. The minimum absolute atomic E-state index is 0.490. The number of aromatic nitrogens is 2. The molecule has 2 aromatic heterocycles. The van der Waals surface area contributed by atoms with E-state index in [0.29, 0.717) is 11.1 Å². The molecule has 2 heterocycles. The molecule has 0 saturated carbocycles. The summed E-state index contributed by atoms with van der Waals surface area (Å²) in [4.78, 5) is 11.6. The molecule has 0 aromatic carbocycles. The maximum Gasteiger partial charge on any atom is 0.162 e. The Morgan fingerprint density at radius 2 is 2.00 bits per heavy atom. The number of aryl methyl sites for hydroxylation is 2. The number of thiophene rings is 1. The zero-order chi connectivity index (χ0) is 14.2. The van der Waals surface area contributed by atoms with E-state index in [0.717, 1.165) is 28.0 Å². The van der Waals surface area contributed by atoms with Gasteiger partial charge in [0.2, 0.25) is 0 Å². The van der Waals surface area contributed by atoms with E-state index in [1.54, 1.807) is 11.3 Å². The fraction of sp³-hybridized carbons (Fsp3) is 0.429. The molecule has 0 atom stereocenters. The highest BCUT2D eigenvalue weighted by Gasteiger charge is 2.15. The molecule has 0 bridgehead atoms. The van der Waals surface area contributed by atoms with Crippen LogP contribution in [0.15, 0.2) is 10.5 Å². The number of nitrogens with zero attached hydrogens (tertiary/aromatic N) is 2. The standard InChI is InChI=1S/C14H16BrClN2S/c1-7(2)5-11-12(15)13(16)18-14(17-11)10-6-8(3)19-9(10)4/h6-7H,5H2,1-4H3. The van der Waals surface area contributed by atoms with Gasteiger partial charge in [0.15, 0.2) is 5.82 Å². The van der Waals surface area contributed by atoms with E-state index in [1.807, 2.05) is 0 Å². The predicted molar refractivity (Wildman–Crippen MR) is 86.1 cm³/mol. The van der Waals surface area contributed by atoms with Gasteiger partial charge in [-0.25, -0.2) is 9.97 Å². The molecule has 0 saturated heterocycles. The molecular formula is C14H16BrClN2S. The van der Waals surface area contributed by atoms with Crippen molar-refractivity contribution in [2.45, 2.75) is 34.1 Å². The van der Waals surface area contributed by atoms with Crippen LogP contribution in [-0.4, -0.2) is 9.97 Å². The smallest absolute Gasteiger partial charge is 0.162 e. The summed E-state index contributed by atoms with van der Waals surface area (Å²) in [6.45, 7) is 8.52. The third-order valence-corrected chi connectivity index (χ3v) is 5.06. The summed E-state index contributed by atoms with van der Waals surface area (Å²) in [5.41, 5.74) is 2.06. The zero-order valence-corrected chi connectivity index (χ0v) is 14.6. The molecule has 19 heavy (non-hydrogen) atoms. The van der Waals surface area contributed by atoms with Crippen molar-refractivity contribution in [1.29, 1.82) is 0 Å². The average Bonchev–Trinajstić information content (AvgIpc) is 2.63. The van der Waals surface area contributed by atoms with Crippen LogP contribution in [-0.2, 0) is 6.42 Å². The van der Waals surface area contributed by atoms with Crippen molar-refractivity contribution in [3.63, 3.8) is 0 Å². The maximum atomic E-state index is 6.22. The summed E-state index contributed by atoms with van der Waals surface area (Å²) in [5.74, 6) is 1.26. The van der Waals surface area contributed by atoms with Crippen molar-refractivity contribution in [1.82, 2.24) is 9.97 Å². The van der Waals surface area contributed by atoms with E-state index in [2.05, 4.69) is 59.7 Å². The monoisotopic (exact) mass is 358 g/mol. The van der Waals surface area contributed by atoms with Gasteiger partial charge in [-0.3, -0.25) is 0 Å². The van der Waals surface area contributed by atoms with E-state index in [4.69, 9.17) is 11.6 Å². The quantitative estimate of drug-likeness (QED) is 0.682. The summed E-state index contributed by atoms with van der Waals surface area (Å²) < 4.78 is 0.816. The molecule has 0 aliphatic rings. The Morgan fingerprint density at radius 1 is 1.32 bits per heavy atom. The van der Waals surface area contributed by atoms with Gasteiger partial charge >= 0.3 is 0 Å². The van der Waals surface area contributed by atoms with Gasteiger partial charge < -0.3 is 0 Å². The van der Waals surface area contributed by atoms with E-state index in [-0.39, 0.29) is 0 Å². The average molecular weight is 360 g/mol. The minimum Gasteiger partial charge on any atom is -0.232 e. The summed E-state index contributed by atoms with van der Waals surface area (Å²) in [5, 5.41) is 0.490. The molecule has 2 nitrogen and oxygen atoms in total. The molecular weight excluding hydrogens is 344 g/mol. The lowest BCUT2D eigenvalue weighted by Gasteiger charge is -2.10. The van der Waals surface area contributed by atoms with Crippen LogP contribution < -0.4 is 0 Å². The van der Waals surface area contributed by atoms with Crippen LogP contribution in [0.2, 0.25) is 5.15 Å². The second kappa shape index (κ2) is 5.90. The lowest BCUT2D eigenvalue weighted by Crippen LogP contribution is -2.02. The molecule has 2 rings (SSSR count). The first-order chi connectivity index (χ1) is 8.88. The second-order valence-electron chi connectivity index (χ2n) is 5.02. The first kappa shape index (κ1) is 14.9. The fourth-order valence-electron chi connectivity index (χ4n) is 1.96. The third kappa shape index (κ3) is 3.36. The molecule has 102 valence electrons. The van der Waals surface area contributed by atoms with Crippen molar-refractivity contribution < 1.29 is 0 Å². The fourth-order valence-corrected chi connectivity index (χ4v) is 3.41. The lowest BCUT2D eigenvalue weighted by molar-refractivity contribution is 0.632. The van der Waals surface area contributed by atoms with Crippen molar-refractivity contribution in [3.05, 3.63) is 31.1 Å². The molecule has 0 amide bonds. The highest BCUT2D eigenvalue weighted by atomic mass is 79.9. The van der Waals surface area contributed by atoms with Crippen LogP contribution in [0.3, 0.4) is 0 Å². The zero-order valence-electron chi connectivity index (χ0n) is 11.4. The van der Waals surface area contributed by atoms with Gasteiger partial charge in [0, 0.05) is 15.3 Å². The Labute approximate surface area is 131 Å². The molecule has 0 spiro atoms. The van der Waals surface area contributed by atoms with E-state index in [9.17, 15) is 0 Å². The molecule has 2 aromatic rings. The van der Waals surface area contributed by atoms with Gasteiger partial charge in [-0.15, -0.1) is 11.3 Å². The van der Waals surface area contributed by atoms with Crippen molar-refractivity contribution >= 4 is 38.9 Å². The van der Waals surface area contributed by atoms with Crippen molar-refractivity contribution in [2.24, 2.45) is 5.92 Å². The summed E-state index contributed by atoms with van der Waals surface area (Å²) >= 11 is 11.5. The van der Waals surface area contributed by atoms with Gasteiger partial charge in [-0.05, 0) is 48.2 Å². The van der Waals surface area contributed by atoms with Crippen LogP contribution in [0.4, 0.5) is 0 Å². The van der Waals surface area contributed by atoms with Crippen LogP contribution in [0, 0.1) is 19.8 Å². The summed E-state index contributed by atoms with van der Waals surface area (Å²) in [6, 6.07) is 2.12. The van der Waals surface area contributed by atoms with E-state index < -0.39 is 0 Å². The van der Waals surface area contributed by atoms with Crippen molar-refractivity contribution in [2.75, 3.05) is 0 Å². The molecule has 0 aliphatic carbocycles. The van der Waals surface area contributed by atoms with Crippen LogP contribution in [0.25, 0.3) is 11.4 Å². The highest BCUT2D eigenvalue weighted by Crippen LogP contribution is 2.32. The Kier molecular flexibility index (Phi) is 4.64. The normalized spacial score (nSPS) is 11.3. The SMILES string of the molecule is Cc1cc(-c2nc(Cl)c(Br)c(CC(C)C)n2)c(C)s1. The molecule has 0 radical (unpaired) electrons. The third-order valence-electron chi connectivity index (χ3n) is 2.76. The molecule has 0 fully saturated rings. The lowest BCUT2D eigenvalue weighted by atomic mass is 10.1. The number of halogens is 2. The topological polar surface area (TPSA) is 25.8 Å². The summed E-state index contributed by atoms with van der Waals surface area (Å²) in [7, 11) is 0. The van der Waals surface area contributed by atoms with Gasteiger partial charge in [0.1, 0.15) is 5.15 Å². The second-order valence-corrected chi connectivity index (χ2v) is 7.64. The Hall–Kier alpha value is -0.450. The first-order valence-electron chi connectivity index (χ1n) is 6.17. The first-order valence-corrected chi connectivity index (χ1v) is 8.16. The van der Waals surface area contributed by atoms with Crippen LogP contribution >= 0.6 is 38.9 Å². The largest absolute Gasteiger partial charge is 0.232 e. The number of rotatable bonds is 3. The molecule has 0 aliphatic heterocycles. The van der Waals surface area contributed by atoms with Gasteiger partial charge in [-0.2, -0.15) is 0 Å². The highest BCUT2D eigenvalue weighted by molar-refractivity contribution is 9.10. The van der Waals surface area contributed by atoms with E-state index >= 15 is 0 Å². The Bertz CT molecular complexity index is 608. The Balaban J connectivity index is 2.53. The van der Waals surface area contributed by atoms with Crippen molar-refractivity contribution in [3.8, 4) is 11.4 Å². The molecule has 0 unspecified atom stereocenters. The number of hydrogen-bond acceptors (Lipinski definition) is 3. The number of hydrogen-bond donors (Lipinski definition) is 0. The minimum atomic E-state index is 0.490. The van der Waals surface area contributed by atoms with Crippen LogP contribution in [0.1, 0.15) is 29.3 Å². The van der Waals surface area contributed by atoms with Gasteiger partial charge in [0.05, 0.1) is 10.2 Å².